The van der Waals surface area contributed by atoms with Crippen molar-refractivity contribution in [2.24, 2.45) is 10.9 Å². The Bertz CT molecular complexity index is 833. The van der Waals surface area contributed by atoms with Gasteiger partial charge in [0.15, 0.2) is 5.96 Å². The quantitative estimate of drug-likeness (QED) is 0.425. The Morgan fingerprint density at radius 2 is 1.90 bits per heavy atom. The van der Waals surface area contributed by atoms with Crippen molar-refractivity contribution in [1.82, 2.24) is 20.1 Å². The van der Waals surface area contributed by atoms with Crippen LogP contribution in [0, 0.1) is 5.92 Å². The molecule has 0 bridgehead atoms. The van der Waals surface area contributed by atoms with E-state index in [0.717, 1.165) is 63.3 Å². The molecule has 6 nitrogen and oxygen atoms in total. The predicted molar refractivity (Wildman–Crippen MR) is 131 cm³/mol. The maximum absolute atomic E-state index is 4.71. The lowest BCUT2D eigenvalue weighted by Gasteiger charge is -2.33. The van der Waals surface area contributed by atoms with Gasteiger partial charge in [-0.1, -0.05) is 24.3 Å². The summed E-state index contributed by atoms with van der Waals surface area (Å²) in [4.78, 5) is 17.7. The minimum absolute atomic E-state index is 0.702. The molecule has 2 fully saturated rings. The molecule has 1 aromatic heterocycles. The zero-order valence-corrected chi connectivity index (χ0v) is 19.5. The zero-order valence-electron chi connectivity index (χ0n) is 18.7. The summed E-state index contributed by atoms with van der Waals surface area (Å²) in [5, 5.41) is 3.54. The largest absolute Gasteiger partial charge is 0.354 e. The van der Waals surface area contributed by atoms with Crippen molar-refractivity contribution in [3.05, 3.63) is 54.2 Å². The van der Waals surface area contributed by atoms with Crippen LogP contribution in [-0.2, 0) is 6.54 Å². The molecule has 2 aliphatic rings. The molecule has 7 heteroatoms. The highest BCUT2D eigenvalue weighted by molar-refractivity contribution is 7.99. The van der Waals surface area contributed by atoms with Crippen LogP contribution in [0.4, 0.5) is 5.82 Å². The molecule has 1 atom stereocenters. The number of benzene rings is 1. The van der Waals surface area contributed by atoms with Crippen molar-refractivity contribution in [1.29, 1.82) is 0 Å². The molecule has 1 unspecified atom stereocenters. The van der Waals surface area contributed by atoms with Gasteiger partial charge in [0.1, 0.15) is 5.82 Å². The van der Waals surface area contributed by atoms with Crippen LogP contribution < -0.4 is 10.2 Å². The van der Waals surface area contributed by atoms with Gasteiger partial charge in [-0.3, -0.25) is 4.99 Å². The second-order valence-electron chi connectivity index (χ2n) is 8.44. The minimum atomic E-state index is 0.702. The first-order valence-electron chi connectivity index (χ1n) is 11.2. The Morgan fingerprint density at radius 1 is 1.10 bits per heavy atom. The normalized spacial score (nSPS) is 20.3. The fourth-order valence-electron chi connectivity index (χ4n) is 4.15. The molecule has 2 aromatic rings. The van der Waals surface area contributed by atoms with Crippen LogP contribution in [0.2, 0.25) is 0 Å². The number of aliphatic imine (C=N–C) groups is 1. The molecule has 31 heavy (non-hydrogen) atoms. The topological polar surface area (TPSA) is 47.0 Å². The second kappa shape index (κ2) is 10.9. The number of aromatic nitrogens is 1. The SMILES string of the molecule is CN=C(NCc1ccc(N2CCN(C)CC2)nc1)N1CCC(CSc2ccccc2)C1. The van der Waals surface area contributed by atoms with Gasteiger partial charge >= 0.3 is 0 Å². The van der Waals surface area contributed by atoms with E-state index in [1.165, 1.54) is 16.9 Å². The zero-order chi connectivity index (χ0) is 21.5. The third kappa shape index (κ3) is 6.14. The molecule has 3 heterocycles. The molecule has 166 valence electrons. The Kier molecular flexibility index (Phi) is 7.70. The average molecular weight is 439 g/mol. The first kappa shape index (κ1) is 22.0. The van der Waals surface area contributed by atoms with Crippen LogP contribution in [0.15, 0.2) is 58.5 Å². The number of hydrogen-bond donors (Lipinski definition) is 1. The van der Waals surface area contributed by atoms with Crippen LogP contribution in [0.25, 0.3) is 0 Å². The summed E-state index contributed by atoms with van der Waals surface area (Å²) in [7, 11) is 4.06. The maximum Gasteiger partial charge on any atom is 0.193 e. The molecule has 0 aliphatic carbocycles. The number of likely N-dealkylation sites (N-methyl/N-ethyl adjacent to an activating group) is 1. The highest BCUT2D eigenvalue weighted by atomic mass is 32.2. The summed E-state index contributed by atoms with van der Waals surface area (Å²) in [6.45, 7) is 7.19. The van der Waals surface area contributed by atoms with Gasteiger partial charge in [0, 0.05) is 69.7 Å². The van der Waals surface area contributed by atoms with E-state index < -0.39 is 0 Å². The number of likely N-dealkylation sites (tertiary alicyclic amines) is 1. The lowest BCUT2D eigenvalue weighted by molar-refractivity contribution is 0.312. The summed E-state index contributed by atoms with van der Waals surface area (Å²) >= 11 is 1.96. The standard InChI is InChI=1S/C24H34N6S/c1-25-24(30-11-10-21(18-30)19-31-22-6-4-3-5-7-22)27-17-20-8-9-23(26-16-20)29-14-12-28(2)13-15-29/h3-9,16,21H,10-15,17-19H2,1-2H3,(H,25,27). The van der Waals surface area contributed by atoms with Gasteiger partial charge in [0.2, 0.25) is 0 Å². The highest BCUT2D eigenvalue weighted by Crippen LogP contribution is 2.26. The smallest absolute Gasteiger partial charge is 0.193 e. The van der Waals surface area contributed by atoms with Crippen LogP contribution in [0.5, 0.6) is 0 Å². The van der Waals surface area contributed by atoms with Crippen molar-refractivity contribution in [3.8, 4) is 0 Å². The second-order valence-corrected chi connectivity index (χ2v) is 9.53. The highest BCUT2D eigenvalue weighted by Gasteiger charge is 2.25. The van der Waals surface area contributed by atoms with E-state index in [1.807, 2.05) is 25.0 Å². The van der Waals surface area contributed by atoms with Gasteiger partial charge < -0.3 is 20.0 Å². The van der Waals surface area contributed by atoms with E-state index in [9.17, 15) is 0 Å². The first-order valence-corrected chi connectivity index (χ1v) is 12.2. The van der Waals surface area contributed by atoms with Gasteiger partial charge in [-0.2, -0.15) is 0 Å². The summed E-state index contributed by atoms with van der Waals surface area (Å²) in [5.74, 6) is 3.94. The molecule has 0 saturated carbocycles. The minimum Gasteiger partial charge on any atom is -0.354 e. The monoisotopic (exact) mass is 438 g/mol. The maximum atomic E-state index is 4.71. The number of rotatable bonds is 6. The molecule has 0 radical (unpaired) electrons. The third-order valence-corrected chi connectivity index (χ3v) is 7.36. The van der Waals surface area contributed by atoms with Crippen molar-refractivity contribution in [2.75, 3.05) is 64.0 Å². The van der Waals surface area contributed by atoms with Gasteiger partial charge in [0.05, 0.1) is 0 Å². The molecule has 4 rings (SSSR count). The fraction of sp³-hybridized carbons (Fsp3) is 0.500. The van der Waals surface area contributed by atoms with Crippen LogP contribution in [0.1, 0.15) is 12.0 Å². The number of anilines is 1. The van der Waals surface area contributed by atoms with Crippen molar-refractivity contribution in [2.45, 2.75) is 17.9 Å². The molecular weight excluding hydrogens is 404 g/mol. The molecule has 2 saturated heterocycles. The van der Waals surface area contributed by atoms with E-state index in [2.05, 4.69) is 74.5 Å². The Hall–Kier alpha value is -2.25. The van der Waals surface area contributed by atoms with Gasteiger partial charge in [-0.25, -0.2) is 4.98 Å². The summed E-state index contributed by atoms with van der Waals surface area (Å²) in [5.41, 5.74) is 1.19. The number of guanidine groups is 1. The van der Waals surface area contributed by atoms with Gasteiger partial charge in [-0.05, 0) is 43.1 Å². The van der Waals surface area contributed by atoms with E-state index in [4.69, 9.17) is 4.98 Å². The molecule has 2 aliphatic heterocycles. The van der Waals surface area contributed by atoms with Gasteiger partial charge in [-0.15, -0.1) is 11.8 Å². The number of nitrogens with one attached hydrogen (secondary N) is 1. The van der Waals surface area contributed by atoms with Crippen LogP contribution in [-0.4, -0.2) is 79.9 Å². The van der Waals surface area contributed by atoms with Crippen molar-refractivity contribution < 1.29 is 0 Å². The number of hydrogen-bond acceptors (Lipinski definition) is 5. The lowest BCUT2D eigenvalue weighted by atomic mass is 10.2. The van der Waals surface area contributed by atoms with Crippen molar-refractivity contribution >= 4 is 23.5 Å². The first-order chi connectivity index (χ1) is 15.2. The summed E-state index contributed by atoms with van der Waals surface area (Å²) in [6, 6.07) is 15.0. The van der Waals surface area contributed by atoms with Crippen LogP contribution in [0.3, 0.4) is 0 Å². The number of nitrogens with zero attached hydrogens (tertiary/aromatic N) is 5. The predicted octanol–water partition coefficient (Wildman–Crippen LogP) is 3.02. The van der Waals surface area contributed by atoms with E-state index in [-0.39, 0.29) is 0 Å². The summed E-state index contributed by atoms with van der Waals surface area (Å²) < 4.78 is 0. The molecular formula is C24H34N6S. The Balaban J connectivity index is 1.23. The number of pyridine rings is 1. The summed E-state index contributed by atoms with van der Waals surface area (Å²) in [6.07, 6.45) is 3.22. The molecule has 0 spiro atoms. The van der Waals surface area contributed by atoms with E-state index in [1.54, 1.807) is 0 Å². The Labute approximate surface area is 190 Å². The molecule has 1 N–H and O–H groups in total. The lowest BCUT2D eigenvalue weighted by Crippen LogP contribution is -2.44. The molecule has 0 amide bonds. The third-order valence-electron chi connectivity index (χ3n) is 6.11. The van der Waals surface area contributed by atoms with E-state index >= 15 is 0 Å². The number of piperazine rings is 1. The number of thioether (sulfide) groups is 1. The fourth-order valence-corrected chi connectivity index (χ4v) is 5.20. The van der Waals surface area contributed by atoms with Crippen molar-refractivity contribution in [3.63, 3.8) is 0 Å². The molecule has 1 aromatic carbocycles. The average Bonchev–Trinajstić information content (AvgIpc) is 3.29. The van der Waals surface area contributed by atoms with E-state index in [0.29, 0.717) is 5.92 Å². The van der Waals surface area contributed by atoms with Crippen LogP contribution >= 0.6 is 11.8 Å². The Morgan fingerprint density at radius 3 is 2.61 bits per heavy atom. The van der Waals surface area contributed by atoms with Gasteiger partial charge in [0.25, 0.3) is 0 Å².